The standard InChI is InChI=1S/C10H15ClN2OS/c1-3-5-13(6-4-11)10(14)9-7-12-8(2)15-9/h7H,3-6H2,1-2H3. The summed E-state index contributed by atoms with van der Waals surface area (Å²) in [5, 5.41) is 0.917. The lowest BCUT2D eigenvalue weighted by atomic mass is 10.3. The van der Waals surface area contributed by atoms with Crippen molar-refractivity contribution >= 4 is 28.8 Å². The second-order valence-corrected chi connectivity index (χ2v) is 4.84. The van der Waals surface area contributed by atoms with Gasteiger partial charge >= 0.3 is 0 Å². The van der Waals surface area contributed by atoms with Gasteiger partial charge in [0.25, 0.3) is 5.91 Å². The lowest BCUT2D eigenvalue weighted by molar-refractivity contribution is 0.0770. The normalized spacial score (nSPS) is 10.3. The van der Waals surface area contributed by atoms with Crippen molar-refractivity contribution in [3.05, 3.63) is 16.1 Å². The van der Waals surface area contributed by atoms with Crippen LogP contribution in [-0.2, 0) is 0 Å². The highest BCUT2D eigenvalue weighted by Crippen LogP contribution is 2.14. The van der Waals surface area contributed by atoms with E-state index in [9.17, 15) is 4.79 Å². The number of rotatable bonds is 5. The van der Waals surface area contributed by atoms with Crippen LogP contribution in [0.2, 0.25) is 0 Å². The molecule has 0 bridgehead atoms. The highest BCUT2D eigenvalue weighted by atomic mass is 35.5. The van der Waals surface area contributed by atoms with E-state index in [1.807, 2.05) is 13.8 Å². The zero-order valence-electron chi connectivity index (χ0n) is 8.99. The number of hydrogen-bond donors (Lipinski definition) is 0. The second kappa shape index (κ2) is 6.08. The van der Waals surface area contributed by atoms with E-state index >= 15 is 0 Å². The molecule has 0 atom stereocenters. The van der Waals surface area contributed by atoms with Gasteiger partial charge in [-0.15, -0.1) is 22.9 Å². The third kappa shape index (κ3) is 3.47. The topological polar surface area (TPSA) is 33.2 Å². The molecule has 1 rings (SSSR count). The summed E-state index contributed by atoms with van der Waals surface area (Å²) in [5.41, 5.74) is 0. The fourth-order valence-electron chi connectivity index (χ4n) is 1.30. The van der Waals surface area contributed by atoms with Gasteiger partial charge in [-0.25, -0.2) is 4.98 Å². The molecule has 84 valence electrons. The lowest BCUT2D eigenvalue weighted by Crippen LogP contribution is -2.32. The van der Waals surface area contributed by atoms with Crippen LogP contribution in [0.4, 0.5) is 0 Å². The van der Waals surface area contributed by atoms with Gasteiger partial charge in [0, 0.05) is 19.0 Å². The molecule has 0 N–H and O–H groups in total. The van der Waals surface area contributed by atoms with Gasteiger partial charge in [-0.05, 0) is 13.3 Å². The van der Waals surface area contributed by atoms with Crippen LogP contribution in [0.5, 0.6) is 0 Å². The van der Waals surface area contributed by atoms with Crippen LogP contribution in [-0.4, -0.2) is 34.8 Å². The molecule has 0 aromatic carbocycles. The first kappa shape index (κ1) is 12.5. The number of aryl methyl sites for hydroxylation is 1. The van der Waals surface area contributed by atoms with Gasteiger partial charge in [0.15, 0.2) is 0 Å². The smallest absolute Gasteiger partial charge is 0.265 e. The Morgan fingerprint density at radius 1 is 1.60 bits per heavy atom. The Labute approximate surface area is 99.1 Å². The third-order valence-corrected chi connectivity index (χ3v) is 3.04. The first-order valence-electron chi connectivity index (χ1n) is 4.96. The molecule has 3 nitrogen and oxygen atoms in total. The van der Waals surface area contributed by atoms with Gasteiger partial charge in [0.1, 0.15) is 4.88 Å². The SMILES string of the molecule is CCCN(CCCl)C(=O)c1cnc(C)s1. The molecule has 0 radical (unpaired) electrons. The maximum absolute atomic E-state index is 12.0. The molecule has 5 heteroatoms. The van der Waals surface area contributed by atoms with Gasteiger partial charge in [-0.2, -0.15) is 0 Å². The van der Waals surface area contributed by atoms with Crippen LogP contribution in [0.25, 0.3) is 0 Å². The Kier molecular flexibility index (Phi) is 5.05. The van der Waals surface area contributed by atoms with Crippen LogP contribution in [0.15, 0.2) is 6.20 Å². The molecule has 0 unspecified atom stereocenters. The van der Waals surface area contributed by atoms with E-state index < -0.39 is 0 Å². The van der Waals surface area contributed by atoms with E-state index in [4.69, 9.17) is 11.6 Å². The van der Waals surface area contributed by atoms with E-state index in [1.54, 1.807) is 11.1 Å². The lowest BCUT2D eigenvalue weighted by Gasteiger charge is -2.19. The zero-order valence-corrected chi connectivity index (χ0v) is 10.6. The molecular weight excluding hydrogens is 232 g/mol. The van der Waals surface area contributed by atoms with Crippen molar-refractivity contribution in [3.8, 4) is 0 Å². The summed E-state index contributed by atoms with van der Waals surface area (Å²) in [4.78, 5) is 18.5. The molecule has 1 aromatic rings. The van der Waals surface area contributed by atoms with E-state index in [0.29, 0.717) is 17.3 Å². The van der Waals surface area contributed by atoms with E-state index in [0.717, 1.165) is 18.0 Å². The summed E-state index contributed by atoms with van der Waals surface area (Å²) in [5.74, 6) is 0.520. The first-order valence-corrected chi connectivity index (χ1v) is 6.31. The number of halogens is 1. The van der Waals surface area contributed by atoms with Crippen LogP contribution in [0, 0.1) is 6.92 Å². The Bertz CT molecular complexity index is 321. The summed E-state index contributed by atoms with van der Waals surface area (Å²) >= 11 is 7.09. The van der Waals surface area contributed by atoms with Crippen molar-refractivity contribution in [3.63, 3.8) is 0 Å². The minimum absolute atomic E-state index is 0.0445. The van der Waals surface area contributed by atoms with Crippen LogP contribution in [0.3, 0.4) is 0 Å². The van der Waals surface area contributed by atoms with Crippen molar-refractivity contribution in [2.24, 2.45) is 0 Å². The van der Waals surface area contributed by atoms with Gasteiger partial charge in [-0.1, -0.05) is 6.92 Å². The zero-order chi connectivity index (χ0) is 11.3. The number of alkyl halides is 1. The summed E-state index contributed by atoms with van der Waals surface area (Å²) < 4.78 is 0. The fourth-order valence-corrected chi connectivity index (χ4v) is 2.25. The maximum Gasteiger partial charge on any atom is 0.265 e. The number of hydrogen-bond acceptors (Lipinski definition) is 3. The largest absolute Gasteiger partial charge is 0.337 e. The number of thiazole rings is 1. The number of amides is 1. The summed E-state index contributed by atoms with van der Waals surface area (Å²) in [6.07, 6.45) is 2.58. The van der Waals surface area contributed by atoms with Crippen molar-refractivity contribution in [1.82, 2.24) is 9.88 Å². The molecule has 1 amide bonds. The second-order valence-electron chi connectivity index (χ2n) is 3.22. The third-order valence-electron chi connectivity index (χ3n) is 1.97. The quantitative estimate of drug-likeness (QED) is 0.748. The molecule has 1 aromatic heterocycles. The highest BCUT2D eigenvalue weighted by molar-refractivity contribution is 7.13. The molecule has 15 heavy (non-hydrogen) atoms. The number of carbonyl (C=O) groups is 1. The Balaban J connectivity index is 2.71. The number of aromatic nitrogens is 1. The highest BCUT2D eigenvalue weighted by Gasteiger charge is 2.16. The molecule has 0 saturated heterocycles. The van der Waals surface area contributed by atoms with Crippen LogP contribution >= 0.6 is 22.9 Å². The van der Waals surface area contributed by atoms with Crippen LogP contribution in [0.1, 0.15) is 28.0 Å². The average Bonchev–Trinajstić information content (AvgIpc) is 2.63. The molecule has 0 aliphatic rings. The van der Waals surface area contributed by atoms with E-state index in [-0.39, 0.29) is 5.91 Å². The predicted molar refractivity (Wildman–Crippen MR) is 63.8 cm³/mol. The number of nitrogens with zero attached hydrogens (tertiary/aromatic N) is 2. The van der Waals surface area contributed by atoms with Gasteiger partial charge in [0.05, 0.1) is 11.2 Å². The average molecular weight is 247 g/mol. The maximum atomic E-state index is 12.0. The molecule has 0 aliphatic carbocycles. The van der Waals surface area contributed by atoms with E-state index in [2.05, 4.69) is 4.98 Å². The molecule has 0 spiro atoms. The van der Waals surface area contributed by atoms with Gasteiger partial charge in [0.2, 0.25) is 0 Å². The molecule has 0 saturated carbocycles. The molecular formula is C10H15ClN2OS. The van der Waals surface area contributed by atoms with Crippen LogP contribution < -0.4 is 0 Å². The minimum Gasteiger partial charge on any atom is -0.337 e. The summed E-state index contributed by atoms with van der Waals surface area (Å²) in [7, 11) is 0. The summed E-state index contributed by atoms with van der Waals surface area (Å²) in [6, 6.07) is 0. The van der Waals surface area contributed by atoms with Crippen molar-refractivity contribution in [2.45, 2.75) is 20.3 Å². The van der Waals surface area contributed by atoms with Gasteiger partial charge in [-0.3, -0.25) is 4.79 Å². The molecule has 0 aliphatic heterocycles. The fraction of sp³-hybridized carbons (Fsp3) is 0.600. The molecule has 0 fully saturated rings. The number of carbonyl (C=O) groups excluding carboxylic acids is 1. The molecule has 1 heterocycles. The first-order chi connectivity index (χ1) is 7.19. The van der Waals surface area contributed by atoms with Gasteiger partial charge < -0.3 is 4.90 Å². The Morgan fingerprint density at radius 3 is 2.80 bits per heavy atom. The minimum atomic E-state index is 0.0445. The van der Waals surface area contributed by atoms with E-state index in [1.165, 1.54) is 11.3 Å². The van der Waals surface area contributed by atoms with Crippen molar-refractivity contribution in [2.75, 3.05) is 19.0 Å². The monoisotopic (exact) mass is 246 g/mol. The Hall–Kier alpha value is -0.610. The van der Waals surface area contributed by atoms with Crippen molar-refractivity contribution < 1.29 is 4.79 Å². The summed E-state index contributed by atoms with van der Waals surface area (Å²) in [6.45, 7) is 5.30. The predicted octanol–water partition coefficient (Wildman–Crippen LogP) is 2.54. The Morgan fingerprint density at radius 2 is 2.33 bits per heavy atom. The van der Waals surface area contributed by atoms with Crippen molar-refractivity contribution in [1.29, 1.82) is 0 Å².